The van der Waals surface area contributed by atoms with Gasteiger partial charge < -0.3 is 24.8 Å². The molecule has 0 bridgehead atoms. The van der Waals surface area contributed by atoms with E-state index in [4.69, 9.17) is 14.2 Å². The second kappa shape index (κ2) is 8.48. The van der Waals surface area contributed by atoms with Gasteiger partial charge in [0, 0.05) is 19.7 Å². The lowest BCUT2D eigenvalue weighted by molar-refractivity contribution is 0.111. The molecule has 1 unspecified atom stereocenters. The smallest absolute Gasteiger partial charge is 0.314 e. The first-order valence-electron chi connectivity index (χ1n) is 7.57. The SMILES string of the molecule is COc1ccc(CCNC(=O)NCC2CCCO2)cc1OC. The zero-order valence-corrected chi connectivity index (χ0v) is 13.2. The Morgan fingerprint density at radius 2 is 2.09 bits per heavy atom. The van der Waals surface area contributed by atoms with Gasteiger partial charge in [0.1, 0.15) is 0 Å². The molecule has 22 heavy (non-hydrogen) atoms. The zero-order chi connectivity index (χ0) is 15.8. The highest BCUT2D eigenvalue weighted by Gasteiger charge is 2.15. The van der Waals surface area contributed by atoms with Gasteiger partial charge >= 0.3 is 6.03 Å². The summed E-state index contributed by atoms with van der Waals surface area (Å²) in [6.45, 7) is 1.93. The standard InChI is InChI=1S/C16H24N2O4/c1-20-14-6-5-12(10-15(14)21-2)7-8-17-16(19)18-11-13-4-3-9-22-13/h5-6,10,13H,3-4,7-9,11H2,1-2H3,(H2,17,18,19). The molecule has 6 nitrogen and oxygen atoms in total. The number of carbonyl (C=O) groups is 1. The van der Waals surface area contributed by atoms with Crippen molar-refractivity contribution >= 4 is 6.03 Å². The number of amides is 2. The summed E-state index contributed by atoms with van der Waals surface area (Å²) >= 11 is 0. The average Bonchev–Trinajstić information content (AvgIpc) is 3.06. The van der Waals surface area contributed by atoms with E-state index >= 15 is 0 Å². The van der Waals surface area contributed by atoms with Crippen LogP contribution in [0.5, 0.6) is 11.5 Å². The average molecular weight is 308 g/mol. The Hall–Kier alpha value is -1.95. The first-order valence-corrected chi connectivity index (χ1v) is 7.57. The van der Waals surface area contributed by atoms with Crippen LogP contribution in [0, 0.1) is 0 Å². The molecule has 122 valence electrons. The molecule has 1 atom stereocenters. The van der Waals surface area contributed by atoms with Crippen molar-refractivity contribution in [2.45, 2.75) is 25.4 Å². The van der Waals surface area contributed by atoms with Gasteiger partial charge in [0.25, 0.3) is 0 Å². The van der Waals surface area contributed by atoms with Crippen molar-refractivity contribution in [1.29, 1.82) is 0 Å². The van der Waals surface area contributed by atoms with Crippen molar-refractivity contribution in [3.63, 3.8) is 0 Å². The molecule has 1 fully saturated rings. The molecule has 1 aliphatic heterocycles. The van der Waals surface area contributed by atoms with Crippen LogP contribution >= 0.6 is 0 Å². The minimum atomic E-state index is -0.157. The van der Waals surface area contributed by atoms with E-state index in [0.717, 1.165) is 31.4 Å². The molecule has 2 amide bonds. The summed E-state index contributed by atoms with van der Waals surface area (Å²) in [4.78, 5) is 11.7. The first-order chi connectivity index (χ1) is 10.7. The van der Waals surface area contributed by atoms with Crippen LogP contribution in [0.3, 0.4) is 0 Å². The normalized spacial score (nSPS) is 17.1. The van der Waals surface area contributed by atoms with Gasteiger partial charge in [-0.1, -0.05) is 6.07 Å². The number of methoxy groups -OCH3 is 2. The van der Waals surface area contributed by atoms with Crippen molar-refractivity contribution in [3.8, 4) is 11.5 Å². The molecule has 0 spiro atoms. The Kier molecular flexibility index (Phi) is 6.33. The molecule has 1 aliphatic rings. The zero-order valence-electron chi connectivity index (χ0n) is 13.2. The maximum Gasteiger partial charge on any atom is 0.314 e. The van der Waals surface area contributed by atoms with E-state index in [-0.39, 0.29) is 12.1 Å². The molecule has 0 aliphatic carbocycles. The second-order valence-electron chi connectivity index (χ2n) is 5.21. The third-order valence-electron chi connectivity index (χ3n) is 3.66. The van der Waals surface area contributed by atoms with Crippen molar-refractivity contribution in [2.24, 2.45) is 0 Å². The molecule has 2 rings (SSSR count). The van der Waals surface area contributed by atoms with Crippen LogP contribution < -0.4 is 20.1 Å². The minimum Gasteiger partial charge on any atom is -0.493 e. The Bertz CT molecular complexity index is 487. The fourth-order valence-corrected chi connectivity index (χ4v) is 2.43. The lowest BCUT2D eigenvalue weighted by atomic mass is 10.1. The van der Waals surface area contributed by atoms with Gasteiger partial charge in [-0.3, -0.25) is 0 Å². The van der Waals surface area contributed by atoms with Crippen LogP contribution in [0.4, 0.5) is 4.79 Å². The minimum absolute atomic E-state index is 0.157. The van der Waals surface area contributed by atoms with Crippen molar-refractivity contribution in [3.05, 3.63) is 23.8 Å². The third-order valence-corrected chi connectivity index (χ3v) is 3.66. The van der Waals surface area contributed by atoms with Gasteiger partial charge in [-0.25, -0.2) is 4.79 Å². The quantitative estimate of drug-likeness (QED) is 0.805. The highest BCUT2D eigenvalue weighted by atomic mass is 16.5. The predicted octanol–water partition coefficient (Wildman–Crippen LogP) is 1.72. The van der Waals surface area contributed by atoms with Crippen LogP contribution in [0.1, 0.15) is 18.4 Å². The topological polar surface area (TPSA) is 68.8 Å². The van der Waals surface area contributed by atoms with E-state index in [0.29, 0.717) is 24.6 Å². The number of carbonyl (C=O) groups excluding carboxylic acids is 1. The summed E-state index contributed by atoms with van der Waals surface area (Å²) in [7, 11) is 3.22. The lowest BCUT2D eigenvalue weighted by Crippen LogP contribution is -2.40. The Balaban J connectivity index is 1.70. The van der Waals surface area contributed by atoms with E-state index in [1.807, 2.05) is 18.2 Å². The fourth-order valence-electron chi connectivity index (χ4n) is 2.43. The molecule has 1 aromatic carbocycles. The molecule has 0 saturated carbocycles. The second-order valence-corrected chi connectivity index (χ2v) is 5.21. The van der Waals surface area contributed by atoms with E-state index in [2.05, 4.69) is 10.6 Å². The van der Waals surface area contributed by atoms with Crippen molar-refractivity contribution in [2.75, 3.05) is 33.9 Å². The molecule has 0 radical (unpaired) electrons. The van der Waals surface area contributed by atoms with Gasteiger partial charge in [-0.2, -0.15) is 0 Å². The fraction of sp³-hybridized carbons (Fsp3) is 0.562. The highest BCUT2D eigenvalue weighted by molar-refractivity contribution is 5.73. The third kappa shape index (κ3) is 4.80. The van der Waals surface area contributed by atoms with Crippen LogP contribution in [0.15, 0.2) is 18.2 Å². The van der Waals surface area contributed by atoms with Crippen molar-refractivity contribution in [1.82, 2.24) is 10.6 Å². The lowest BCUT2D eigenvalue weighted by Gasteiger charge is -2.12. The van der Waals surface area contributed by atoms with Crippen LogP contribution in [0.2, 0.25) is 0 Å². The number of hydrogen-bond acceptors (Lipinski definition) is 4. The summed E-state index contributed by atoms with van der Waals surface area (Å²) in [6.07, 6.45) is 2.99. The monoisotopic (exact) mass is 308 g/mol. The van der Waals surface area contributed by atoms with Gasteiger partial charge in [0.05, 0.1) is 20.3 Å². The molecule has 6 heteroatoms. The van der Waals surface area contributed by atoms with Crippen molar-refractivity contribution < 1.29 is 19.0 Å². The molecule has 2 N–H and O–H groups in total. The summed E-state index contributed by atoms with van der Waals surface area (Å²) in [5.41, 5.74) is 1.08. The Morgan fingerprint density at radius 1 is 1.27 bits per heavy atom. The summed E-state index contributed by atoms with van der Waals surface area (Å²) in [6, 6.07) is 5.60. The van der Waals surface area contributed by atoms with E-state index in [1.165, 1.54) is 0 Å². The number of rotatable bonds is 7. The molecule has 1 aromatic rings. The predicted molar refractivity (Wildman–Crippen MR) is 83.6 cm³/mol. The first kappa shape index (κ1) is 16.4. The molecular weight excluding hydrogens is 284 g/mol. The maximum absolute atomic E-state index is 11.7. The van der Waals surface area contributed by atoms with Gasteiger partial charge in [0.2, 0.25) is 0 Å². The summed E-state index contributed by atoms with van der Waals surface area (Å²) in [5, 5.41) is 5.68. The van der Waals surface area contributed by atoms with Gasteiger partial charge in [0.15, 0.2) is 11.5 Å². The highest BCUT2D eigenvalue weighted by Crippen LogP contribution is 2.27. The van der Waals surface area contributed by atoms with Crippen LogP contribution in [0.25, 0.3) is 0 Å². The van der Waals surface area contributed by atoms with E-state index in [1.54, 1.807) is 14.2 Å². The van der Waals surface area contributed by atoms with Crippen LogP contribution in [-0.2, 0) is 11.2 Å². The molecule has 0 aromatic heterocycles. The number of nitrogens with one attached hydrogen (secondary N) is 2. The summed E-state index contributed by atoms with van der Waals surface area (Å²) in [5.74, 6) is 1.40. The number of benzene rings is 1. The van der Waals surface area contributed by atoms with Gasteiger partial charge in [-0.15, -0.1) is 0 Å². The molecular formula is C16H24N2O4. The molecule has 1 heterocycles. The Morgan fingerprint density at radius 3 is 2.77 bits per heavy atom. The number of hydrogen-bond donors (Lipinski definition) is 2. The Labute approximate surface area is 131 Å². The number of ether oxygens (including phenoxy) is 3. The summed E-state index contributed by atoms with van der Waals surface area (Å²) < 4.78 is 15.9. The van der Waals surface area contributed by atoms with Crippen LogP contribution in [-0.4, -0.2) is 46.1 Å². The molecule has 1 saturated heterocycles. The van der Waals surface area contributed by atoms with Gasteiger partial charge in [-0.05, 0) is 37.0 Å². The van der Waals surface area contributed by atoms with E-state index < -0.39 is 0 Å². The largest absolute Gasteiger partial charge is 0.493 e. The maximum atomic E-state index is 11.7. The number of urea groups is 1. The van der Waals surface area contributed by atoms with E-state index in [9.17, 15) is 4.79 Å².